The highest BCUT2D eigenvalue weighted by atomic mass is 16.5. The summed E-state index contributed by atoms with van der Waals surface area (Å²) in [5, 5.41) is 12.6. The Morgan fingerprint density at radius 1 is 1.67 bits per heavy atom. The molecule has 88 valence electrons. The molecule has 0 aromatic heterocycles. The normalized spacial score (nSPS) is 26.7. The highest BCUT2D eigenvalue weighted by Gasteiger charge is 2.34. The van der Waals surface area contributed by atoms with Gasteiger partial charge in [0.15, 0.2) is 0 Å². The fourth-order valence-electron chi connectivity index (χ4n) is 1.31. The second-order valence-corrected chi connectivity index (χ2v) is 4.80. The van der Waals surface area contributed by atoms with E-state index in [1.165, 1.54) is 0 Å². The zero-order valence-electron chi connectivity index (χ0n) is 9.38. The van der Waals surface area contributed by atoms with E-state index in [9.17, 15) is 9.90 Å². The van der Waals surface area contributed by atoms with Crippen LogP contribution in [0.25, 0.3) is 0 Å². The van der Waals surface area contributed by atoms with Crippen LogP contribution in [0.15, 0.2) is 0 Å². The van der Waals surface area contributed by atoms with Gasteiger partial charge in [0.1, 0.15) is 5.60 Å². The third-order valence-electron chi connectivity index (χ3n) is 2.79. The van der Waals surface area contributed by atoms with Crippen molar-refractivity contribution in [1.29, 1.82) is 0 Å². The topological polar surface area (TPSA) is 84.6 Å². The number of nitrogens with two attached hydrogens (primary N) is 1. The number of amides is 1. The summed E-state index contributed by atoms with van der Waals surface area (Å²) in [6.07, 6.45) is 0.566. The molecule has 1 aliphatic heterocycles. The van der Waals surface area contributed by atoms with E-state index in [2.05, 4.69) is 5.32 Å². The van der Waals surface area contributed by atoms with E-state index in [4.69, 9.17) is 10.5 Å². The molecule has 0 aliphatic carbocycles. The summed E-state index contributed by atoms with van der Waals surface area (Å²) < 4.78 is 5.08. The van der Waals surface area contributed by atoms with Gasteiger partial charge in [-0.2, -0.15) is 0 Å². The molecule has 1 fully saturated rings. The molecule has 1 rings (SSSR count). The van der Waals surface area contributed by atoms with E-state index >= 15 is 0 Å². The number of hydrogen-bond donors (Lipinski definition) is 3. The molecule has 0 spiro atoms. The molecule has 4 N–H and O–H groups in total. The minimum atomic E-state index is -0.902. The van der Waals surface area contributed by atoms with Gasteiger partial charge >= 0.3 is 0 Å². The maximum Gasteiger partial charge on any atom is 0.227 e. The van der Waals surface area contributed by atoms with Gasteiger partial charge in [-0.1, -0.05) is 0 Å². The molecule has 1 heterocycles. The minimum absolute atomic E-state index is 0.134. The molecule has 1 aliphatic rings. The Hall–Kier alpha value is -0.650. The Balaban J connectivity index is 2.40. The lowest BCUT2D eigenvalue weighted by Gasteiger charge is -2.25. The van der Waals surface area contributed by atoms with Crippen LogP contribution in [0.4, 0.5) is 0 Å². The molecule has 0 aromatic rings. The van der Waals surface area contributed by atoms with Gasteiger partial charge in [0.25, 0.3) is 0 Å². The lowest BCUT2D eigenvalue weighted by Crippen LogP contribution is -2.49. The molecule has 1 atom stereocenters. The SMILES string of the molecule is CC(C)(CN)C(=O)NCC1(O)CCOC1. The molecule has 0 aromatic carbocycles. The van der Waals surface area contributed by atoms with E-state index in [0.717, 1.165) is 0 Å². The van der Waals surface area contributed by atoms with Crippen molar-refractivity contribution in [2.45, 2.75) is 25.9 Å². The van der Waals surface area contributed by atoms with Crippen molar-refractivity contribution in [3.63, 3.8) is 0 Å². The highest BCUT2D eigenvalue weighted by Crippen LogP contribution is 2.18. The van der Waals surface area contributed by atoms with Crippen LogP contribution in [0.1, 0.15) is 20.3 Å². The lowest BCUT2D eigenvalue weighted by molar-refractivity contribution is -0.130. The molecular weight excluding hydrogens is 196 g/mol. The summed E-state index contributed by atoms with van der Waals surface area (Å²) in [6.45, 7) is 4.90. The van der Waals surface area contributed by atoms with E-state index in [1.54, 1.807) is 13.8 Å². The van der Waals surface area contributed by atoms with Crippen LogP contribution < -0.4 is 11.1 Å². The van der Waals surface area contributed by atoms with Crippen molar-refractivity contribution in [2.24, 2.45) is 11.1 Å². The average Bonchev–Trinajstić information content (AvgIpc) is 2.62. The zero-order chi connectivity index (χ0) is 11.5. The van der Waals surface area contributed by atoms with Gasteiger partial charge in [-0.15, -0.1) is 0 Å². The van der Waals surface area contributed by atoms with Gasteiger partial charge in [0.2, 0.25) is 5.91 Å². The lowest BCUT2D eigenvalue weighted by atomic mass is 9.92. The average molecular weight is 216 g/mol. The maximum atomic E-state index is 11.7. The summed E-state index contributed by atoms with van der Waals surface area (Å²) >= 11 is 0. The molecule has 5 heteroatoms. The van der Waals surface area contributed by atoms with E-state index < -0.39 is 11.0 Å². The Kier molecular flexibility index (Phi) is 3.70. The Labute approximate surface area is 90.0 Å². The summed E-state index contributed by atoms with van der Waals surface area (Å²) in [7, 11) is 0. The van der Waals surface area contributed by atoms with Gasteiger partial charge in [-0.25, -0.2) is 0 Å². The van der Waals surface area contributed by atoms with Crippen LogP contribution >= 0.6 is 0 Å². The molecule has 1 unspecified atom stereocenters. The highest BCUT2D eigenvalue weighted by molar-refractivity contribution is 5.82. The first kappa shape index (κ1) is 12.4. The molecular formula is C10H20N2O3. The van der Waals surface area contributed by atoms with Crippen molar-refractivity contribution in [1.82, 2.24) is 5.32 Å². The third kappa shape index (κ3) is 3.15. The molecule has 0 bridgehead atoms. The second kappa shape index (κ2) is 4.47. The smallest absolute Gasteiger partial charge is 0.227 e. The first-order chi connectivity index (χ1) is 6.90. The monoisotopic (exact) mass is 216 g/mol. The minimum Gasteiger partial charge on any atom is -0.386 e. The molecule has 0 saturated carbocycles. The molecule has 1 amide bonds. The summed E-state index contributed by atoms with van der Waals surface area (Å²) in [6, 6.07) is 0. The standard InChI is InChI=1S/C10H20N2O3/c1-9(2,5-11)8(13)12-6-10(14)3-4-15-7-10/h14H,3-7,11H2,1-2H3,(H,12,13). The van der Waals surface area contributed by atoms with Crippen molar-refractivity contribution in [3.8, 4) is 0 Å². The van der Waals surface area contributed by atoms with Gasteiger partial charge in [0, 0.05) is 26.1 Å². The Morgan fingerprint density at radius 2 is 2.33 bits per heavy atom. The molecule has 5 nitrogen and oxygen atoms in total. The van der Waals surface area contributed by atoms with Crippen molar-refractivity contribution < 1.29 is 14.6 Å². The van der Waals surface area contributed by atoms with Crippen molar-refractivity contribution in [2.75, 3.05) is 26.3 Å². The fourth-order valence-corrected chi connectivity index (χ4v) is 1.31. The summed E-state index contributed by atoms with van der Waals surface area (Å²) in [5.74, 6) is -0.134. The summed E-state index contributed by atoms with van der Waals surface area (Å²) in [4.78, 5) is 11.7. The van der Waals surface area contributed by atoms with Gasteiger partial charge in [-0.05, 0) is 13.8 Å². The van der Waals surface area contributed by atoms with Crippen molar-refractivity contribution in [3.05, 3.63) is 0 Å². The van der Waals surface area contributed by atoms with Crippen LogP contribution in [0, 0.1) is 5.41 Å². The number of ether oxygens (including phenoxy) is 1. The first-order valence-electron chi connectivity index (χ1n) is 5.18. The van der Waals surface area contributed by atoms with E-state index in [1.807, 2.05) is 0 Å². The van der Waals surface area contributed by atoms with Crippen LogP contribution in [0.2, 0.25) is 0 Å². The fraction of sp³-hybridized carbons (Fsp3) is 0.900. The number of carbonyl (C=O) groups is 1. The van der Waals surface area contributed by atoms with Crippen LogP contribution in [0.3, 0.4) is 0 Å². The van der Waals surface area contributed by atoms with Crippen LogP contribution in [-0.2, 0) is 9.53 Å². The largest absolute Gasteiger partial charge is 0.386 e. The Bertz CT molecular complexity index is 235. The van der Waals surface area contributed by atoms with Crippen molar-refractivity contribution >= 4 is 5.91 Å². The number of rotatable bonds is 4. The number of nitrogens with one attached hydrogen (secondary N) is 1. The quantitative estimate of drug-likeness (QED) is 0.576. The zero-order valence-corrected chi connectivity index (χ0v) is 9.38. The number of aliphatic hydroxyl groups is 1. The number of hydrogen-bond acceptors (Lipinski definition) is 4. The van der Waals surface area contributed by atoms with Crippen LogP contribution in [-0.4, -0.2) is 42.9 Å². The van der Waals surface area contributed by atoms with E-state index in [0.29, 0.717) is 13.0 Å². The van der Waals surface area contributed by atoms with Gasteiger partial charge in [-0.3, -0.25) is 4.79 Å². The van der Waals surface area contributed by atoms with Crippen LogP contribution in [0.5, 0.6) is 0 Å². The van der Waals surface area contributed by atoms with Gasteiger partial charge < -0.3 is 20.9 Å². The first-order valence-corrected chi connectivity index (χ1v) is 5.18. The molecule has 0 radical (unpaired) electrons. The van der Waals surface area contributed by atoms with Gasteiger partial charge in [0.05, 0.1) is 12.0 Å². The molecule has 1 saturated heterocycles. The predicted molar refractivity (Wildman–Crippen MR) is 56.2 cm³/mol. The Morgan fingerprint density at radius 3 is 2.80 bits per heavy atom. The molecule has 15 heavy (non-hydrogen) atoms. The third-order valence-corrected chi connectivity index (χ3v) is 2.79. The second-order valence-electron chi connectivity index (χ2n) is 4.80. The number of carbonyl (C=O) groups excluding carboxylic acids is 1. The van der Waals surface area contributed by atoms with E-state index in [-0.39, 0.29) is 25.6 Å². The maximum absolute atomic E-state index is 11.7. The predicted octanol–water partition coefficient (Wildman–Crippen LogP) is -0.761. The summed E-state index contributed by atoms with van der Waals surface area (Å²) in [5.41, 5.74) is 3.99.